The molecule has 249 valence electrons. The molecule has 2 unspecified atom stereocenters. The van der Waals surface area contributed by atoms with E-state index < -0.39 is 0 Å². The summed E-state index contributed by atoms with van der Waals surface area (Å²) in [5, 5.41) is 7.93. The maximum atomic E-state index is 3.96. The van der Waals surface area contributed by atoms with Crippen LogP contribution in [0.3, 0.4) is 0 Å². The molecular formula is C37H63Br2CoN3. The average molecular weight is 769 g/mol. The summed E-state index contributed by atoms with van der Waals surface area (Å²) in [6.45, 7) is 34.4. The minimum absolute atomic E-state index is 0. The van der Waals surface area contributed by atoms with E-state index in [1.54, 1.807) is 0 Å². The van der Waals surface area contributed by atoms with Gasteiger partial charge in [0.1, 0.15) is 0 Å². The van der Waals surface area contributed by atoms with Crippen molar-refractivity contribution in [2.45, 2.75) is 145 Å². The van der Waals surface area contributed by atoms with Crippen molar-refractivity contribution in [1.82, 2.24) is 4.90 Å². The van der Waals surface area contributed by atoms with Gasteiger partial charge >= 0.3 is 16.8 Å². The second-order valence-electron chi connectivity index (χ2n) is 14.4. The number of hydrogen-bond donors (Lipinski definition) is 2. The molecule has 0 aliphatic heterocycles. The SMILES string of the molecule is CC(CN(C)CC(C)Nc1c(C(C)C)cc(C(C)C)cc1C(C)C)Nc1c(C(C)C)cc(C(C)C)cc1C(C)C.[Br-].[Br-].[Co+2]. The molecule has 6 heteroatoms. The first-order valence-electron chi connectivity index (χ1n) is 16.1. The Morgan fingerprint density at radius 3 is 0.884 bits per heavy atom. The number of halogens is 2. The molecule has 43 heavy (non-hydrogen) atoms. The van der Waals surface area contributed by atoms with E-state index in [4.69, 9.17) is 0 Å². The van der Waals surface area contributed by atoms with Gasteiger partial charge in [0.05, 0.1) is 0 Å². The summed E-state index contributed by atoms with van der Waals surface area (Å²) in [5.74, 6) is 3.02. The number of anilines is 2. The third-order valence-corrected chi connectivity index (χ3v) is 8.22. The smallest absolute Gasteiger partial charge is 1.00 e. The van der Waals surface area contributed by atoms with Crippen molar-refractivity contribution < 1.29 is 50.7 Å². The quantitative estimate of drug-likeness (QED) is 0.293. The second kappa shape index (κ2) is 19.9. The summed E-state index contributed by atoms with van der Waals surface area (Å²) in [6, 6.07) is 10.5. The minimum Gasteiger partial charge on any atom is -1.00 e. The van der Waals surface area contributed by atoms with Crippen molar-refractivity contribution in [2.75, 3.05) is 30.8 Å². The van der Waals surface area contributed by atoms with Crippen molar-refractivity contribution in [2.24, 2.45) is 0 Å². The number of benzene rings is 2. The van der Waals surface area contributed by atoms with Crippen LogP contribution in [0.2, 0.25) is 0 Å². The van der Waals surface area contributed by atoms with E-state index >= 15 is 0 Å². The van der Waals surface area contributed by atoms with E-state index in [1.165, 1.54) is 44.8 Å². The summed E-state index contributed by atoms with van der Waals surface area (Å²) in [7, 11) is 2.26. The Bertz CT molecular complexity index is 952. The molecule has 2 aromatic rings. The summed E-state index contributed by atoms with van der Waals surface area (Å²) in [6.07, 6.45) is 0. The van der Waals surface area contributed by atoms with Gasteiger partial charge in [0, 0.05) is 36.5 Å². The van der Waals surface area contributed by atoms with Gasteiger partial charge in [-0.2, -0.15) is 0 Å². The topological polar surface area (TPSA) is 27.3 Å². The van der Waals surface area contributed by atoms with Crippen LogP contribution in [-0.2, 0) is 16.8 Å². The predicted molar refractivity (Wildman–Crippen MR) is 181 cm³/mol. The van der Waals surface area contributed by atoms with E-state index in [0.717, 1.165) is 13.1 Å². The van der Waals surface area contributed by atoms with Crippen molar-refractivity contribution >= 4 is 11.4 Å². The van der Waals surface area contributed by atoms with Crippen LogP contribution in [0.1, 0.15) is 166 Å². The molecule has 2 rings (SSSR count). The monoisotopic (exact) mass is 766 g/mol. The fourth-order valence-electron chi connectivity index (χ4n) is 5.84. The molecule has 1 radical (unpaired) electrons. The molecule has 2 N–H and O–H groups in total. The Hall–Kier alpha value is -0.534. The minimum atomic E-state index is 0. The second-order valence-corrected chi connectivity index (χ2v) is 14.4. The van der Waals surface area contributed by atoms with Gasteiger partial charge in [-0.25, -0.2) is 0 Å². The standard InChI is InChI=1S/C37H63N3.2BrH.Co/c1-22(2)30-16-32(24(5)6)36(33(17-30)25(7)8)38-28(13)20-40(15)21-29(14)39-37-34(26(9)10)18-31(23(3)4)19-35(37)27(11)12;;;/h16-19,22-29,38-39H,20-21H2,1-15H3;2*1H;/q;;;+2/p-2. The van der Waals surface area contributed by atoms with Crippen molar-refractivity contribution in [3.05, 3.63) is 57.6 Å². The summed E-state index contributed by atoms with van der Waals surface area (Å²) < 4.78 is 0. The van der Waals surface area contributed by atoms with Gasteiger partial charge in [-0.1, -0.05) is 107 Å². The van der Waals surface area contributed by atoms with Gasteiger partial charge in [0.2, 0.25) is 0 Å². The number of nitrogens with one attached hydrogen (secondary N) is 2. The molecule has 0 saturated carbocycles. The molecule has 0 aromatic heterocycles. The molecule has 2 aromatic carbocycles. The van der Waals surface area contributed by atoms with Crippen LogP contribution >= 0.6 is 0 Å². The van der Waals surface area contributed by atoms with Crippen LogP contribution in [0.25, 0.3) is 0 Å². The largest absolute Gasteiger partial charge is 2.00 e. The normalized spacial score (nSPS) is 13.0. The van der Waals surface area contributed by atoms with Crippen LogP contribution in [0.5, 0.6) is 0 Å². The molecule has 3 nitrogen and oxygen atoms in total. The van der Waals surface area contributed by atoms with E-state index in [2.05, 4.69) is 144 Å². The maximum Gasteiger partial charge on any atom is 2.00 e. The van der Waals surface area contributed by atoms with E-state index in [1.807, 2.05) is 0 Å². The molecule has 0 heterocycles. The summed E-state index contributed by atoms with van der Waals surface area (Å²) in [5.41, 5.74) is 11.4. The Kier molecular flexibility index (Phi) is 20.6. The summed E-state index contributed by atoms with van der Waals surface area (Å²) >= 11 is 0. The Morgan fingerprint density at radius 1 is 0.465 bits per heavy atom. The average Bonchev–Trinajstić information content (AvgIpc) is 2.82. The molecule has 0 aliphatic rings. The van der Waals surface area contributed by atoms with E-state index in [0.29, 0.717) is 47.6 Å². The van der Waals surface area contributed by atoms with Crippen LogP contribution < -0.4 is 44.6 Å². The molecule has 2 atom stereocenters. The third-order valence-electron chi connectivity index (χ3n) is 8.22. The fraction of sp³-hybridized carbons (Fsp3) is 0.676. The Balaban J connectivity index is 0. The van der Waals surface area contributed by atoms with Gasteiger partial charge in [-0.05, 0) is 89.8 Å². The van der Waals surface area contributed by atoms with Gasteiger partial charge in [0.25, 0.3) is 0 Å². The number of nitrogens with zero attached hydrogens (tertiary/aromatic N) is 1. The molecule has 0 spiro atoms. The van der Waals surface area contributed by atoms with Gasteiger partial charge < -0.3 is 49.5 Å². The molecule has 0 fully saturated rings. The first-order valence-corrected chi connectivity index (χ1v) is 16.1. The number of hydrogen-bond acceptors (Lipinski definition) is 3. The van der Waals surface area contributed by atoms with Crippen molar-refractivity contribution in [3.63, 3.8) is 0 Å². The van der Waals surface area contributed by atoms with Crippen LogP contribution in [0.15, 0.2) is 24.3 Å². The zero-order valence-corrected chi connectivity index (χ0v) is 34.1. The van der Waals surface area contributed by atoms with Gasteiger partial charge in [0.15, 0.2) is 0 Å². The molecule has 0 amide bonds. The van der Waals surface area contributed by atoms with Gasteiger partial charge in [-0.15, -0.1) is 0 Å². The van der Waals surface area contributed by atoms with E-state index in [9.17, 15) is 0 Å². The Morgan fingerprint density at radius 2 is 0.698 bits per heavy atom. The number of likely N-dealkylation sites (N-methyl/N-ethyl adjacent to an activating group) is 1. The fourth-order valence-corrected chi connectivity index (χ4v) is 5.84. The zero-order chi connectivity index (χ0) is 30.5. The van der Waals surface area contributed by atoms with Crippen LogP contribution in [-0.4, -0.2) is 37.1 Å². The number of rotatable bonds is 14. The first kappa shape index (κ1) is 44.6. The predicted octanol–water partition coefficient (Wildman–Crippen LogP) is 4.67. The Labute approximate surface area is 298 Å². The molecule has 0 bridgehead atoms. The zero-order valence-electron chi connectivity index (χ0n) is 29.9. The van der Waals surface area contributed by atoms with E-state index in [-0.39, 0.29) is 50.7 Å². The van der Waals surface area contributed by atoms with Crippen LogP contribution in [0, 0.1) is 0 Å². The maximum absolute atomic E-state index is 3.96. The van der Waals surface area contributed by atoms with Crippen molar-refractivity contribution in [1.29, 1.82) is 0 Å². The molecule has 0 saturated heterocycles. The molecule has 0 aliphatic carbocycles. The first-order chi connectivity index (χ1) is 18.5. The molecular weight excluding hydrogens is 705 g/mol. The third kappa shape index (κ3) is 12.6. The van der Waals surface area contributed by atoms with Crippen molar-refractivity contribution in [3.8, 4) is 0 Å². The van der Waals surface area contributed by atoms with Crippen LogP contribution in [0.4, 0.5) is 11.4 Å². The van der Waals surface area contributed by atoms with Gasteiger partial charge in [-0.3, -0.25) is 0 Å². The summed E-state index contributed by atoms with van der Waals surface area (Å²) in [4.78, 5) is 2.48.